The summed E-state index contributed by atoms with van der Waals surface area (Å²) in [6.07, 6.45) is 6.01. The highest BCUT2D eigenvalue weighted by Gasteiger charge is 1.98. The second kappa shape index (κ2) is 6.93. The second-order valence-corrected chi connectivity index (χ2v) is 5.24. The maximum atomic E-state index is 10.8. The number of pyridine rings is 1. The maximum absolute atomic E-state index is 10.8. The number of halogens is 1. The van der Waals surface area contributed by atoms with Crippen molar-refractivity contribution in [1.82, 2.24) is 10.3 Å². The van der Waals surface area contributed by atoms with Crippen LogP contribution in [-0.4, -0.2) is 27.7 Å². The highest BCUT2D eigenvalue weighted by atomic mass is 35.5. The topological polar surface area (TPSA) is 42.0 Å². The summed E-state index contributed by atoms with van der Waals surface area (Å²) in [5, 5.41) is 3.94. The third kappa shape index (κ3) is 5.25. The fourth-order valence-corrected chi connectivity index (χ4v) is 1.91. The molecular weight excluding hydrogens is 232 g/mol. The molecule has 0 aliphatic carbocycles. The molecule has 1 N–H and O–H groups in total. The molecule has 1 atom stereocenters. The average molecular weight is 247 g/mol. The molecule has 0 spiro atoms. The van der Waals surface area contributed by atoms with Crippen molar-refractivity contribution in [1.29, 1.82) is 0 Å². The molecule has 0 amide bonds. The van der Waals surface area contributed by atoms with Crippen molar-refractivity contribution in [3.8, 4) is 0 Å². The van der Waals surface area contributed by atoms with Gasteiger partial charge in [-0.25, -0.2) is 0 Å². The van der Waals surface area contributed by atoms with Crippen molar-refractivity contribution in [2.24, 2.45) is 0 Å². The van der Waals surface area contributed by atoms with E-state index in [1.807, 2.05) is 6.07 Å². The molecular formula is C10H15ClN2OS. The van der Waals surface area contributed by atoms with Gasteiger partial charge in [0.2, 0.25) is 0 Å². The lowest BCUT2D eigenvalue weighted by Crippen LogP contribution is -2.16. The lowest BCUT2D eigenvalue weighted by molar-refractivity contribution is 0.662. The van der Waals surface area contributed by atoms with Gasteiger partial charge in [0.05, 0.1) is 5.02 Å². The van der Waals surface area contributed by atoms with E-state index in [4.69, 9.17) is 11.6 Å². The van der Waals surface area contributed by atoms with E-state index >= 15 is 0 Å². The van der Waals surface area contributed by atoms with Crippen LogP contribution < -0.4 is 5.32 Å². The van der Waals surface area contributed by atoms with Crippen LogP contribution in [0.15, 0.2) is 18.5 Å². The summed E-state index contributed by atoms with van der Waals surface area (Å²) in [7, 11) is -0.694. The Morgan fingerprint density at radius 1 is 1.60 bits per heavy atom. The van der Waals surface area contributed by atoms with Gasteiger partial charge in [0.25, 0.3) is 0 Å². The van der Waals surface area contributed by atoms with E-state index in [-0.39, 0.29) is 0 Å². The molecule has 3 nitrogen and oxygen atoms in total. The molecule has 0 saturated heterocycles. The van der Waals surface area contributed by atoms with Crippen LogP contribution >= 0.6 is 11.6 Å². The van der Waals surface area contributed by atoms with E-state index in [0.717, 1.165) is 30.8 Å². The van der Waals surface area contributed by atoms with Gasteiger partial charge in [0.1, 0.15) is 0 Å². The minimum absolute atomic E-state index is 0.684. The third-order valence-corrected chi connectivity index (χ3v) is 3.16. The van der Waals surface area contributed by atoms with Gasteiger partial charge < -0.3 is 5.32 Å². The van der Waals surface area contributed by atoms with Crippen LogP contribution in [0.25, 0.3) is 0 Å². The molecule has 0 bridgehead atoms. The SMILES string of the molecule is CS(=O)CCCNCc1ccncc1Cl. The van der Waals surface area contributed by atoms with Crippen LogP contribution in [0.4, 0.5) is 0 Å². The van der Waals surface area contributed by atoms with Crippen LogP contribution in [0.3, 0.4) is 0 Å². The molecule has 0 aliphatic heterocycles. The Bertz CT molecular complexity index is 333. The van der Waals surface area contributed by atoms with E-state index in [9.17, 15) is 4.21 Å². The summed E-state index contributed by atoms with van der Waals surface area (Å²) < 4.78 is 10.8. The monoisotopic (exact) mass is 246 g/mol. The van der Waals surface area contributed by atoms with E-state index < -0.39 is 10.8 Å². The molecule has 0 aromatic carbocycles. The first-order chi connectivity index (χ1) is 7.20. The van der Waals surface area contributed by atoms with Crippen molar-refractivity contribution < 1.29 is 4.21 Å². The molecule has 0 aliphatic rings. The van der Waals surface area contributed by atoms with E-state index in [1.54, 1.807) is 18.6 Å². The van der Waals surface area contributed by atoms with Crippen molar-refractivity contribution in [3.63, 3.8) is 0 Å². The first-order valence-electron chi connectivity index (χ1n) is 4.79. The van der Waals surface area contributed by atoms with Crippen LogP contribution in [0.5, 0.6) is 0 Å². The van der Waals surface area contributed by atoms with Gasteiger partial charge in [0.15, 0.2) is 0 Å². The normalized spacial score (nSPS) is 12.7. The molecule has 1 aromatic rings. The molecule has 1 unspecified atom stereocenters. The van der Waals surface area contributed by atoms with Gasteiger partial charge in [-0.3, -0.25) is 9.19 Å². The highest BCUT2D eigenvalue weighted by molar-refractivity contribution is 7.84. The molecule has 84 valence electrons. The zero-order valence-corrected chi connectivity index (χ0v) is 10.3. The number of hydrogen-bond acceptors (Lipinski definition) is 3. The van der Waals surface area contributed by atoms with E-state index in [1.165, 1.54) is 0 Å². The lowest BCUT2D eigenvalue weighted by atomic mass is 10.2. The van der Waals surface area contributed by atoms with Gasteiger partial charge in [-0.05, 0) is 24.6 Å². The molecule has 0 radical (unpaired) electrons. The van der Waals surface area contributed by atoms with Gasteiger partial charge in [-0.1, -0.05) is 11.6 Å². The summed E-state index contributed by atoms with van der Waals surface area (Å²) in [5.41, 5.74) is 1.05. The average Bonchev–Trinajstić information content (AvgIpc) is 2.20. The van der Waals surface area contributed by atoms with Gasteiger partial charge in [-0.15, -0.1) is 0 Å². The Hall–Kier alpha value is -0.450. The summed E-state index contributed by atoms with van der Waals surface area (Å²) in [6, 6.07) is 1.90. The maximum Gasteiger partial charge on any atom is 0.0634 e. The Morgan fingerprint density at radius 2 is 2.40 bits per heavy atom. The zero-order chi connectivity index (χ0) is 11.1. The quantitative estimate of drug-likeness (QED) is 0.776. The predicted molar refractivity (Wildman–Crippen MR) is 64.5 cm³/mol. The molecule has 1 heterocycles. The van der Waals surface area contributed by atoms with Crippen molar-refractivity contribution in [3.05, 3.63) is 29.0 Å². The van der Waals surface area contributed by atoms with E-state index in [0.29, 0.717) is 5.02 Å². The summed E-state index contributed by atoms with van der Waals surface area (Å²) in [5.74, 6) is 0.747. The molecule has 1 rings (SSSR count). The Balaban J connectivity index is 2.21. The van der Waals surface area contributed by atoms with Crippen molar-refractivity contribution in [2.45, 2.75) is 13.0 Å². The Kier molecular flexibility index (Phi) is 5.83. The first kappa shape index (κ1) is 12.6. The van der Waals surface area contributed by atoms with Crippen LogP contribution in [0, 0.1) is 0 Å². The van der Waals surface area contributed by atoms with Crippen LogP contribution in [0.1, 0.15) is 12.0 Å². The Morgan fingerprint density at radius 3 is 3.07 bits per heavy atom. The minimum Gasteiger partial charge on any atom is -0.313 e. The second-order valence-electron chi connectivity index (χ2n) is 3.27. The molecule has 15 heavy (non-hydrogen) atoms. The van der Waals surface area contributed by atoms with Crippen LogP contribution in [0.2, 0.25) is 5.02 Å². The number of nitrogens with zero attached hydrogens (tertiary/aromatic N) is 1. The molecule has 5 heteroatoms. The number of nitrogens with one attached hydrogen (secondary N) is 1. The fourth-order valence-electron chi connectivity index (χ4n) is 1.17. The standard InChI is InChI=1S/C10H15ClN2OS/c1-15(14)6-2-4-12-7-9-3-5-13-8-10(9)11/h3,5,8,12H,2,4,6-7H2,1H3. The van der Waals surface area contributed by atoms with E-state index in [2.05, 4.69) is 10.3 Å². The fraction of sp³-hybridized carbons (Fsp3) is 0.500. The first-order valence-corrected chi connectivity index (χ1v) is 6.90. The number of hydrogen-bond donors (Lipinski definition) is 1. The largest absolute Gasteiger partial charge is 0.313 e. The summed E-state index contributed by atoms with van der Waals surface area (Å²) in [4.78, 5) is 3.91. The minimum atomic E-state index is -0.694. The lowest BCUT2D eigenvalue weighted by Gasteiger charge is -2.05. The summed E-state index contributed by atoms with van der Waals surface area (Å²) >= 11 is 5.94. The Labute approximate surface area is 97.7 Å². The van der Waals surface area contributed by atoms with Crippen LogP contribution in [-0.2, 0) is 17.3 Å². The smallest absolute Gasteiger partial charge is 0.0634 e. The molecule has 0 saturated carbocycles. The number of aromatic nitrogens is 1. The van der Waals surface area contributed by atoms with Gasteiger partial charge >= 0.3 is 0 Å². The van der Waals surface area contributed by atoms with Gasteiger partial charge in [-0.2, -0.15) is 0 Å². The summed E-state index contributed by atoms with van der Waals surface area (Å²) in [6.45, 7) is 1.59. The van der Waals surface area contributed by atoms with Crippen molar-refractivity contribution >= 4 is 22.4 Å². The third-order valence-electron chi connectivity index (χ3n) is 1.96. The zero-order valence-electron chi connectivity index (χ0n) is 8.70. The molecule has 1 aromatic heterocycles. The number of rotatable bonds is 6. The van der Waals surface area contributed by atoms with Gasteiger partial charge in [0, 0.05) is 41.7 Å². The van der Waals surface area contributed by atoms with Crippen molar-refractivity contribution in [2.75, 3.05) is 18.6 Å². The molecule has 0 fully saturated rings. The highest BCUT2D eigenvalue weighted by Crippen LogP contribution is 2.12. The predicted octanol–water partition coefficient (Wildman–Crippen LogP) is 1.59.